The second-order valence-corrected chi connectivity index (χ2v) is 3.96. The Morgan fingerprint density at radius 1 is 1.21 bits per heavy atom. The summed E-state index contributed by atoms with van der Waals surface area (Å²) in [6.45, 7) is 0. The third-order valence-electron chi connectivity index (χ3n) is 2.75. The number of nitrogens with one attached hydrogen (secondary N) is 2. The fourth-order valence-corrected chi connectivity index (χ4v) is 1.77. The quantitative estimate of drug-likeness (QED) is 0.503. The van der Waals surface area contributed by atoms with Crippen molar-refractivity contribution < 1.29 is 13.2 Å². The van der Waals surface area contributed by atoms with E-state index in [0.29, 0.717) is 16.9 Å². The zero-order valence-electron chi connectivity index (χ0n) is 9.70. The second-order valence-electron chi connectivity index (χ2n) is 3.96. The highest BCUT2D eigenvalue weighted by Gasteiger charge is 2.30. The van der Waals surface area contributed by atoms with Gasteiger partial charge in [0.2, 0.25) is 0 Å². The Kier molecular flexibility index (Phi) is 3.45. The summed E-state index contributed by atoms with van der Waals surface area (Å²) in [4.78, 5) is 0. The van der Waals surface area contributed by atoms with Crippen LogP contribution in [0.5, 0.6) is 0 Å². The van der Waals surface area contributed by atoms with Crippen LogP contribution in [0.3, 0.4) is 0 Å². The van der Waals surface area contributed by atoms with E-state index in [-0.39, 0.29) is 0 Å². The molecule has 1 aromatic carbocycles. The number of nitrogen functional groups attached to an aromatic ring is 1. The summed E-state index contributed by atoms with van der Waals surface area (Å²) >= 11 is 0. The molecule has 1 unspecified atom stereocenters. The molecule has 0 amide bonds. The highest BCUT2D eigenvalue weighted by atomic mass is 19.4. The molecule has 0 aliphatic rings. The van der Waals surface area contributed by atoms with E-state index in [1.807, 2.05) is 0 Å². The summed E-state index contributed by atoms with van der Waals surface area (Å²) in [5, 5.41) is 6.29. The third-order valence-corrected chi connectivity index (χ3v) is 2.75. The number of alkyl halides is 3. The summed E-state index contributed by atoms with van der Waals surface area (Å²) < 4.78 is 37.4. The predicted molar refractivity (Wildman–Crippen MR) is 63.6 cm³/mol. The lowest BCUT2D eigenvalue weighted by atomic mass is 10.00. The SMILES string of the molecule is NNC(c1ccc(C(F)(F)F)cc1)c1cn[nH]c1N. The van der Waals surface area contributed by atoms with Crippen molar-refractivity contribution in [2.24, 2.45) is 5.84 Å². The Morgan fingerprint density at radius 2 is 1.84 bits per heavy atom. The Hall–Kier alpha value is -2.06. The Balaban J connectivity index is 2.33. The molecule has 2 aromatic rings. The number of nitrogens with zero attached hydrogens (tertiary/aromatic N) is 1. The minimum atomic E-state index is -4.36. The fourth-order valence-electron chi connectivity index (χ4n) is 1.77. The molecule has 1 atom stereocenters. The van der Waals surface area contributed by atoms with E-state index >= 15 is 0 Å². The average molecular weight is 271 g/mol. The number of rotatable bonds is 3. The van der Waals surface area contributed by atoms with Crippen LogP contribution in [0.15, 0.2) is 30.5 Å². The standard InChI is InChI=1S/C11H12F3N5/c12-11(13,14)7-3-1-6(2-4-7)9(18-16)8-5-17-19-10(8)15/h1-5,9,18H,16H2,(H3,15,17,19). The first-order chi connectivity index (χ1) is 8.93. The van der Waals surface area contributed by atoms with Crippen LogP contribution in [-0.2, 0) is 6.18 Å². The number of aromatic nitrogens is 2. The van der Waals surface area contributed by atoms with Gasteiger partial charge in [-0.15, -0.1) is 0 Å². The van der Waals surface area contributed by atoms with E-state index in [2.05, 4.69) is 15.6 Å². The molecule has 6 N–H and O–H groups in total. The zero-order chi connectivity index (χ0) is 14.0. The minimum Gasteiger partial charge on any atom is -0.384 e. The third kappa shape index (κ3) is 2.69. The average Bonchev–Trinajstić information content (AvgIpc) is 2.76. The molecule has 0 aliphatic heterocycles. The molecule has 1 heterocycles. The maximum atomic E-state index is 12.5. The summed E-state index contributed by atoms with van der Waals surface area (Å²) in [6.07, 6.45) is -2.89. The molecule has 0 aliphatic carbocycles. The van der Waals surface area contributed by atoms with Gasteiger partial charge in [0.1, 0.15) is 5.82 Å². The number of hydrogen-bond acceptors (Lipinski definition) is 4. The van der Waals surface area contributed by atoms with E-state index in [1.54, 1.807) is 0 Å². The lowest BCUT2D eigenvalue weighted by Gasteiger charge is -2.16. The number of aromatic amines is 1. The first-order valence-electron chi connectivity index (χ1n) is 5.35. The lowest BCUT2D eigenvalue weighted by molar-refractivity contribution is -0.137. The van der Waals surface area contributed by atoms with Gasteiger partial charge in [0.25, 0.3) is 0 Å². The van der Waals surface area contributed by atoms with Gasteiger partial charge in [0.15, 0.2) is 0 Å². The highest BCUT2D eigenvalue weighted by Crippen LogP contribution is 2.31. The van der Waals surface area contributed by atoms with E-state index in [1.165, 1.54) is 18.3 Å². The van der Waals surface area contributed by atoms with Gasteiger partial charge in [-0.1, -0.05) is 12.1 Å². The van der Waals surface area contributed by atoms with Crippen molar-refractivity contribution >= 4 is 5.82 Å². The summed E-state index contributed by atoms with van der Waals surface area (Å²) in [5.41, 5.74) is 8.57. The van der Waals surface area contributed by atoms with Crippen molar-refractivity contribution in [3.8, 4) is 0 Å². The van der Waals surface area contributed by atoms with Crippen molar-refractivity contribution in [2.75, 3.05) is 5.73 Å². The number of benzene rings is 1. The number of anilines is 1. The van der Waals surface area contributed by atoms with Gasteiger partial charge in [0, 0.05) is 5.56 Å². The highest BCUT2D eigenvalue weighted by molar-refractivity contribution is 5.44. The maximum Gasteiger partial charge on any atom is 0.416 e. The number of hydrogen-bond donors (Lipinski definition) is 4. The molecule has 2 rings (SSSR count). The second kappa shape index (κ2) is 4.90. The van der Waals surface area contributed by atoms with Gasteiger partial charge in [-0.05, 0) is 17.7 Å². The van der Waals surface area contributed by atoms with Gasteiger partial charge >= 0.3 is 6.18 Å². The van der Waals surface area contributed by atoms with Crippen LogP contribution in [0.25, 0.3) is 0 Å². The monoisotopic (exact) mass is 271 g/mol. The predicted octanol–water partition coefficient (Wildman–Crippen LogP) is 1.56. The molecule has 0 fully saturated rings. The summed E-state index contributed by atoms with van der Waals surface area (Å²) in [6, 6.07) is 4.16. The zero-order valence-corrected chi connectivity index (χ0v) is 9.70. The van der Waals surface area contributed by atoms with Crippen molar-refractivity contribution in [3.63, 3.8) is 0 Å². The number of H-pyrrole nitrogens is 1. The van der Waals surface area contributed by atoms with Gasteiger partial charge in [0.05, 0.1) is 17.8 Å². The number of nitrogens with two attached hydrogens (primary N) is 2. The Morgan fingerprint density at radius 3 is 2.26 bits per heavy atom. The largest absolute Gasteiger partial charge is 0.416 e. The maximum absolute atomic E-state index is 12.5. The van der Waals surface area contributed by atoms with Gasteiger partial charge in [-0.2, -0.15) is 18.3 Å². The molecular weight excluding hydrogens is 259 g/mol. The number of hydrazine groups is 1. The van der Waals surface area contributed by atoms with Crippen LogP contribution < -0.4 is 17.0 Å². The summed E-state index contributed by atoms with van der Waals surface area (Å²) in [5.74, 6) is 5.73. The van der Waals surface area contributed by atoms with Crippen LogP contribution in [0.4, 0.5) is 19.0 Å². The van der Waals surface area contributed by atoms with Crippen molar-refractivity contribution in [1.29, 1.82) is 0 Å². The summed E-state index contributed by atoms with van der Waals surface area (Å²) in [7, 11) is 0. The Bertz CT molecular complexity index is 546. The molecule has 102 valence electrons. The smallest absolute Gasteiger partial charge is 0.384 e. The molecule has 19 heavy (non-hydrogen) atoms. The molecule has 1 aromatic heterocycles. The topological polar surface area (TPSA) is 92.7 Å². The van der Waals surface area contributed by atoms with Crippen LogP contribution >= 0.6 is 0 Å². The minimum absolute atomic E-state index is 0.308. The van der Waals surface area contributed by atoms with Crippen LogP contribution in [0.1, 0.15) is 22.7 Å². The fraction of sp³-hybridized carbons (Fsp3) is 0.182. The van der Waals surface area contributed by atoms with Gasteiger partial charge in [-0.25, -0.2) is 5.43 Å². The van der Waals surface area contributed by atoms with Gasteiger partial charge < -0.3 is 5.73 Å². The molecular formula is C11H12F3N5. The van der Waals surface area contributed by atoms with E-state index in [0.717, 1.165) is 12.1 Å². The first-order valence-corrected chi connectivity index (χ1v) is 5.35. The van der Waals surface area contributed by atoms with E-state index in [4.69, 9.17) is 11.6 Å². The molecule has 0 saturated carbocycles. The van der Waals surface area contributed by atoms with Crippen molar-refractivity contribution in [2.45, 2.75) is 12.2 Å². The van der Waals surface area contributed by atoms with E-state index in [9.17, 15) is 13.2 Å². The molecule has 0 bridgehead atoms. The molecule has 0 radical (unpaired) electrons. The van der Waals surface area contributed by atoms with Gasteiger partial charge in [-0.3, -0.25) is 10.9 Å². The molecule has 0 saturated heterocycles. The normalized spacial score (nSPS) is 13.5. The Labute approximate surface area is 106 Å². The number of halogens is 3. The van der Waals surface area contributed by atoms with E-state index < -0.39 is 17.8 Å². The lowest BCUT2D eigenvalue weighted by Crippen LogP contribution is -2.29. The van der Waals surface area contributed by atoms with Crippen LogP contribution in [0.2, 0.25) is 0 Å². The van der Waals surface area contributed by atoms with Crippen molar-refractivity contribution in [1.82, 2.24) is 15.6 Å². The van der Waals surface area contributed by atoms with Crippen LogP contribution in [0, 0.1) is 0 Å². The van der Waals surface area contributed by atoms with Crippen molar-refractivity contribution in [3.05, 3.63) is 47.2 Å². The first kappa shape index (κ1) is 13.4. The molecule has 0 spiro atoms. The molecule has 5 nitrogen and oxygen atoms in total. The molecule has 8 heteroatoms. The van der Waals surface area contributed by atoms with Crippen LogP contribution in [-0.4, -0.2) is 10.2 Å².